The van der Waals surface area contributed by atoms with E-state index in [9.17, 15) is 9.90 Å². The monoisotopic (exact) mass is 333 g/mol. The SMILES string of the molecule is CC(C)(C)C1[C@H](CCC(N)c2ccncc2)CN(C(=O)O)C1(C)C. The summed E-state index contributed by atoms with van der Waals surface area (Å²) in [5.74, 6) is 0.620. The third kappa shape index (κ3) is 3.72. The van der Waals surface area contributed by atoms with E-state index >= 15 is 0 Å². The minimum absolute atomic E-state index is 0.0318. The van der Waals surface area contributed by atoms with Crippen molar-refractivity contribution in [1.82, 2.24) is 9.88 Å². The molecule has 0 aromatic carbocycles. The lowest BCUT2D eigenvalue weighted by Gasteiger charge is -2.42. The maximum absolute atomic E-state index is 11.7. The minimum Gasteiger partial charge on any atom is -0.465 e. The topological polar surface area (TPSA) is 79.5 Å². The van der Waals surface area contributed by atoms with Crippen LogP contribution in [0, 0.1) is 17.3 Å². The molecule has 3 N–H and O–H groups in total. The van der Waals surface area contributed by atoms with E-state index in [1.165, 1.54) is 0 Å². The van der Waals surface area contributed by atoms with Gasteiger partial charge in [-0.1, -0.05) is 20.8 Å². The Bertz CT molecular complexity index is 566. The van der Waals surface area contributed by atoms with E-state index in [1.807, 2.05) is 12.1 Å². The molecule has 2 unspecified atom stereocenters. The molecule has 0 aliphatic carbocycles. The van der Waals surface area contributed by atoms with Crippen LogP contribution in [0.1, 0.15) is 59.1 Å². The number of carboxylic acid groups (broad SMARTS) is 1. The Morgan fingerprint density at radius 2 is 2.00 bits per heavy atom. The van der Waals surface area contributed by atoms with E-state index in [1.54, 1.807) is 17.3 Å². The van der Waals surface area contributed by atoms with Crippen molar-refractivity contribution in [3.63, 3.8) is 0 Å². The summed E-state index contributed by atoms with van der Waals surface area (Å²) in [4.78, 5) is 17.3. The van der Waals surface area contributed by atoms with Gasteiger partial charge in [0.15, 0.2) is 0 Å². The molecular formula is C19H31N3O2. The Balaban J connectivity index is 2.14. The van der Waals surface area contributed by atoms with Crippen LogP contribution in [0.15, 0.2) is 24.5 Å². The molecule has 1 saturated heterocycles. The fourth-order valence-corrected chi connectivity index (χ4v) is 4.84. The normalized spacial score (nSPS) is 24.8. The second kappa shape index (κ2) is 6.71. The summed E-state index contributed by atoms with van der Waals surface area (Å²) in [5, 5.41) is 9.60. The summed E-state index contributed by atoms with van der Waals surface area (Å²) >= 11 is 0. The third-order valence-electron chi connectivity index (χ3n) is 5.49. The fraction of sp³-hybridized carbons (Fsp3) is 0.684. The number of hydrogen-bond acceptors (Lipinski definition) is 3. The van der Waals surface area contributed by atoms with E-state index < -0.39 is 6.09 Å². The Hall–Kier alpha value is -1.62. The number of nitrogens with two attached hydrogens (primary N) is 1. The van der Waals surface area contributed by atoms with Gasteiger partial charge in [0.05, 0.1) is 0 Å². The lowest BCUT2D eigenvalue weighted by Crippen LogP contribution is -2.48. The standard InChI is InChI=1S/C19H31N3O2/c1-18(2,3)16-14(12-22(17(23)24)19(16,4)5)6-7-15(20)13-8-10-21-11-9-13/h8-11,14-16H,6-7,12,20H2,1-5H3,(H,23,24)/t14-,15?,16?/m1/s1. The summed E-state index contributed by atoms with van der Waals surface area (Å²) in [6.45, 7) is 11.3. The molecule has 2 heterocycles. The van der Waals surface area contributed by atoms with E-state index in [2.05, 4.69) is 39.6 Å². The molecular weight excluding hydrogens is 302 g/mol. The van der Waals surface area contributed by atoms with Crippen LogP contribution in [0.4, 0.5) is 4.79 Å². The summed E-state index contributed by atoms with van der Waals surface area (Å²) < 4.78 is 0. The van der Waals surface area contributed by atoms with E-state index in [0.29, 0.717) is 18.4 Å². The van der Waals surface area contributed by atoms with Crippen molar-refractivity contribution in [2.75, 3.05) is 6.54 Å². The predicted molar refractivity (Wildman–Crippen MR) is 95.6 cm³/mol. The number of amides is 1. The molecule has 3 atom stereocenters. The zero-order chi connectivity index (χ0) is 18.1. The molecule has 5 nitrogen and oxygen atoms in total. The maximum atomic E-state index is 11.7. The number of carbonyl (C=O) groups is 1. The Morgan fingerprint density at radius 3 is 2.50 bits per heavy atom. The number of aromatic nitrogens is 1. The summed E-state index contributed by atoms with van der Waals surface area (Å²) in [6, 6.07) is 3.87. The van der Waals surface area contributed by atoms with Crippen LogP contribution in [0.5, 0.6) is 0 Å². The van der Waals surface area contributed by atoms with Crippen LogP contribution >= 0.6 is 0 Å². The van der Waals surface area contributed by atoms with Gasteiger partial charge in [-0.25, -0.2) is 4.79 Å². The molecule has 1 amide bonds. The average Bonchev–Trinajstić information content (AvgIpc) is 2.76. The summed E-state index contributed by atoms with van der Waals surface area (Å²) in [7, 11) is 0. The lowest BCUT2D eigenvalue weighted by molar-refractivity contribution is 0.0633. The lowest BCUT2D eigenvalue weighted by atomic mass is 9.65. The number of hydrogen-bond donors (Lipinski definition) is 2. The Kier molecular flexibility index (Phi) is 5.23. The largest absolute Gasteiger partial charge is 0.465 e. The van der Waals surface area contributed by atoms with Crippen molar-refractivity contribution in [3.8, 4) is 0 Å². The van der Waals surface area contributed by atoms with Crippen LogP contribution in [-0.4, -0.2) is 33.2 Å². The van der Waals surface area contributed by atoms with Crippen LogP contribution in [0.2, 0.25) is 0 Å². The predicted octanol–water partition coefficient (Wildman–Crippen LogP) is 3.91. The van der Waals surface area contributed by atoms with Gasteiger partial charge in [-0.2, -0.15) is 0 Å². The number of pyridine rings is 1. The van der Waals surface area contributed by atoms with Crippen LogP contribution < -0.4 is 5.73 Å². The third-order valence-corrected chi connectivity index (χ3v) is 5.49. The van der Waals surface area contributed by atoms with Crippen LogP contribution in [-0.2, 0) is 0 Å². The number of rotatable bonds is 4. The highest BCUT2D eigenvalue weighted by molar-refractivity contribution is 5.66. The molecule has 1 aliphatic rings. The highest BCUT2D eigenvalue weighted by Gasteiger charge is 2.53. The second-order valence-electron chi connectivity index (χ2n) is 8.62. The van der Waals surface area contributed by atoms with Gasteiger partial charge in [-0.15, -0.1) is 0 Å². The van der Waals surface area contributed by atoms with Gasteiger partial charge in [0.25, 0.3) is 0 Å². The van der Waals surface area contributed by atoms with E-state index in [4.69, 9.17) is 5.73 Å². The summed E-state index contributed by atoms with van der Waals surface area (Å²) in [6.07, 6.45) is 4.48. The molecule has 2 rings (SSSR count). The van der Waals surface area contributed by atoms with Gasteiger partial charge in [0, 0.05) is 30.5 Å². The first-order chi connectivity index (χ1) is 11.0. The Labute approximate surface area is 145 Å². The molecule has 0 spiro atoms. The molecule has 1 aliphatic heterocycles. The summed E-state index contributed by atoms with van der Waals surface area (Å²) in [5.41, 5.74) is 7.09. The average molecular weight is 333 g/mol. The fourth-order valence-electron chi connectivity index (χ4n) is 4.84. The van der Waals surface area contributed by atoms with Gasteiger partial charge >= 0.3 is 6.09 Å². The van der Waals surface area contributed by atoms with Crippen molar-refractivity contribution in [2.24, 2.45) is 23.0 Å². The highest BCUT2D eigenvalue weighted by atomic mass is 16.4. The smallest absolute Gasteiger partial charge is 0.407 e. The first-order valence-corrected chi connectivity index (χ1v) is 8.71. The molecule has 5 heteroatoms. The molecule has 0 radical (unpaired) electrons. The molecule has 1 aromatic heterocycles. The molecule has 24 heavy (non-hydrogen) atoms. The van der Waals surface area contributed by atoms with Crippen molar-refractivity contribution >= 4 is 6.09 Å². The molecule has 0 saturated carbocycles. The van der Waals surface area contributed by atoms with Crippen molar-refractivity contribution in [3.05, 3.63) is 30.1 Å². The first-order valence-electron chi connectivity index (χ1n) is 8.71. The van der Waals surface area contributed by atoms with Gasteiger partial charge in [-0.05, 0) is 61.6 Å². The van der Waals surface area contributed by atoms with Crippen LogP contribution in [0.3, 0.4) is 0 Å². The van der Waals surface area contributed by atoms with E-state index in [-0.39, 0.29) is 17.0 Å². The zero-order valence-corrected chi connectivity index (χ0v) is 15.5. The molecule has 134 valence electrons. The quantitative estimate of drug-likeness (QED) is 0.875. The van der Waals surface area contributed by atoms with Crippen molar-refractivity contribution in [2.45, 2.75) is 59.0 Å². The first kappa shape index (κ1) is 18.7. The van der Waals surface area contributed by atoms with Crippen molar-refractivity contribution < 1.29 is 9.90 Å². The molecule has 1 fully saturated rings. The van der Waals surface area contributed by atoms with Gasteiger partial charge in [-0.3, -0.25) is 4.98 Å². The van der Waals surface area contributed by atoms with Gasteiger partial charge in [0.1, 0.15) is 0 Å². The maximum Gasteiger partial charge on any atom is 0.407 e. The van der Waals surface area contributed by atoms with E-state index in [0.717, 1.165) is 18.4 Å². The highest BCUT2D eigenvalue weighted by Crippen LogP contribution is 2.50. The second-order valence-corrected chi connectivity index (χ2v) is 8.62. The van der Waals surface area contributed by atoms with Crippen LogP contribution in [0.25, 0.3) is 0 Å². The van der Waals surface area contributed by atoms with Crippen molar-refractivity contribution in [1.29, 1.82) is 0 Å². The zero-order valence-electron chi connectivity index (χ0n) is 15.5. The molecule has 1 aromatic rings. The number of likely N-dealkylation sites (tertiary alicyclic amines) is 1. The Morgan fingerprint density at radius 1 is 1.42 bits per heavy atom. The number of nitrogens with zero attached hydrogens (tertiary/aromatic N) is 2. The van der Waals surface area contributed by atoms with Gasteiger partial charge in [0.2, 0.25) is 0 Å². The molecule has 0 bridgehead atoms. The van der Waals surface area contributed by atoms with Gasteiger partial charge < -0.3 is 15.7 Å². The minimum atomic E-state index is -0.824.